The topological polar surface area (TPSA) is 73.1 Å². The largest absolute Gasteiger partial charge is 0.330 e. The van der Waals surface area contributed by atoms with Crippen molar-refractivity contribution in [3.63, 3.8) is 0 Å². The zero-order valence-electron chi connectivity index (χ0n) is 7.14. The molecule has 0 spiro atoms. The van der Waals surface area contributed by atoms with Gasteiger partial charge in [0.15, 0.2) is 9.84 Å². The molecular formula is C7H12N2O2S2. The van der Waals surface area contributed by atoms with Gasteiger partial charge in [0.25, 0.3) is 0 Å². The predicted molar refractivity (Wildman–Crippen MR) is 53.3 cm³/mol. The minimum absolute atomic E-state index is 0.0463. The van der Waals surface area contributed by atoms with Crippen LogP contribution in [0.25, 0.3) is 0 Å². The molecule has 0 saturated heterocycles. The lowest BCUT2D eigenvalue weighted by molar-refractivity contribution is 0.592. The van der Waals surface area contributed by atoms with Crippen molar-refractivity contribution in [2.75, 3.05) is 12.3 Å². The van der Waals surface area contributed by atoms with Crippen molar-refractivity contribution >= 4 is 21.2 Å². The van der Waals surface area contributed by atoms with Crippen LogP contribution in [0.15, 0.2) is 11.6 Å². The van der Waals surface area contributed by atoms with Crippen LogP contribution in [-0.4, -0.2) is 25.7 Å². The number of nitrogens with zero attached hydrogens (tertiary/aromatic N) is 1. The van der Waals surface area contributed by atoms with E-state index in [-0.39, 0.29) is 11.5 Å². The number of nitrogens with two attached hydrogens (primary N) is 1. The van der Waals surface area contributed by atoms with Crippen molar-refractivity contribution in [2.24, 2.45) is 5.73 Å². The summed E-state index contributed by atoms with van der Waals surface area (Å²) in [5, 5.41) is 2.42. The summed E-state index contributed by atoms with van der Waals surface area (Å²) in [4.78, 5) is 3.92. The van der Waals surface area contributed by atoms with Crippen molar-refractivity contribution in [1.82, 2.24) is 4.98 Å². The Balaban J connectivity index is 2.53. The first-order chi connectivity index (χ1) is 6.14. The summed E-state index contributed by atoms with van der Waals surface area (Å²) in [5.74, 6) is 0.202. The van der Waals surface area contributed by atoms with E-state index in [9.17, 15) is 8.42 Å². The Morgan fingerprint density at radius 1 is 1.54 bits per heavy atom. The Bertz CT molecular complexity index is 331. The molecular weight excluding hydrogens is 208 g/mol. The number of aromatic nitrogens is 1. The number of thiazole rings is 1. The summed E-state index contributed by atoms with van der Waals surface area (Å²) in [7, 11) is -3.00. The van der Waals surface area contributed by atoms with Gasteiger partial charge in [-0.05, 0) is 13.0 Å². The first-order valence-corrected chi connectivity index (χ1v) is 6.63. The second-order valence-corrected chi connectivity index (χ2v) is 5.82. The van der Waals surface area contributed by atoms with E-state index < -0.39 is 9.84 Å². The number of hydrogen-bond acceptors (Lipinski definition) is 5. The van der Waals surface area contributed by atoms with Crippen LogP contribution in [0.5, 0.6) is 0 Å². The van der Waals surface area contributed by atoms with E-state index >= 15 is 0 Å². The Morgan fingerprint density at radius 3 is 2.85 bits per heavy atom. The third-order valence-corrected chi connectivity index (χ3v) is 4.07. The summed E-state index contributed by atoms with van der Waals surface area (Å²) in [6, 6.07) is 0. The Hall–Kier alpha value is -0.460. The standard InChI is InChI=1S/C7H12N2O2S2/c8-2-1-5-13(10,11)6-7-9-3-4-12-7/h3-4H,1-2,5-6,8H2. The lowest BCUT2D eigenvalue weighted by Crippen LogP contribution is -2.13. The molecule has 0 aromatic carbocycles. The third kappa shape index (κ3) is 3.84. The van der Waals surface area contributed by atoms with Gasteiger partial charge in [0.1, 0.15) is 10.8 Å². The molecule has 4 nitrogen and oxygen atoms in total. The quantitative estimate of drug-likeness (QED) is 0.780. The zero-order chi connectivity index (χ0) is 9.73. The molecule has 0 unspecified atom stereocenters. The van der Waals surface area contributed by atoms with E-state index in [1.165, 1.54) is 11.3 Å². The zero-order valence-corrected chi connectivity index (χ0v) is 8.77. The molecule has 6 heteroatoms. The average Bonchev–Trinajstić information content (AvgIpc) is 2.52. The fourth-order valence-corrected chi connectivity index (χ4v) is 3.30. The van der Waals surface area contributed by atoms with E-state index in [1.807, 2.05) is 0 Å². The van der Waals surface area contributed by atoms with Crippen molar-refractivity contribution in [2.45, 2.75) is 12.2 Å². The molecule has 0 aliphatic carbocycles. The van der Waals surface area contributed by atoms with E-state index in [0.717, 1.165) is 0 Å². The van der Waals surface area contributed by atoms with Gasteiger partial charge in [-0.3, -0.25) is 0 Å². The van der Waals surface area contributed by atoms with Gasteiger partial charge in [0, 0.05) is 11.6 Å². The van der Waals surface area contributed by atoms with Crippen LogP contribution in [0, 0.1) is 0 Å². The van der Waals surface area contributed by atoms with Crippen molar-refractivity contribution in [3.05, 3.63) is 16.6 Å². The van der Waals surface area contributed by atoms with Crippen LogP contribution >= 0.6 is 11.3 Å². The van der Waals surface area contributed by atoms with Crippen LogP contribution in [-0.2, 0) is 15.6 Å². The number of sulfone groups is 1. The molecule has 1 heterocycles. The van der Waals surface area contributed by atoms with Crippen molar-refractivity contribution in [3.8, 4) is 0 Å². The van der Waals surface area contributed by atoms with Gasteiger partial charge >= 0.3 is 0 Å². The van der Waals surface area contributed by atoms with Gasteiger partial charge in [-0.2, -0.15) is 0 Å². The third-order valence-electron chi connectivity index (χ3n) is 1.49. The highest BCUT2D eigenvalue weighted by molar-refractivity contribution is 7.90. The van der Waals surface area contributed by atoms with Crippen LogP contribution in [0.4, 0.5) is 0 Å². The summed E-state index contributed by atoms with van der Waals surface area (Å²) in [6.07, 6.45) is 2.13. The predicted octanol–water partition coefficient (Wildman–Crippen LogP) is 0.407. The van der Waals surface area contributed by atoms with E-state index in [2.05, 4.69) is 4.98 Å². The van der Waals surface area contributed by atoms with Crippen molar-refractivity contribution < 1.29 is 8.42 Å². The lowest BCUT2D eigenvalue weighted by Gasteiger charge is -1.99. The maximum Gasteiger partial charge on any atom is 0.156 e. The monoisotopic (exact) mass is 220 g/mol. The average molecular weight is 220 g/mol. The van der Waals surface area contributed by atoms with Gasteiger partial charge < -0.3 is 5.73 Å². The molecule has 1 aromatic heterocycles. The van der Waals surface area contributed by atoms with E-state index in [0.29, 0.717) is 18.0 Å². The Kier molecular flexibility index (Phi) is 3.83. The molecule has 0 atom stereocenters. The van der Waals surface area contributed by atoms with Crippen molar-refractivity contribution in [1.29, 1.82) is 0 Å². The number of rotatable bonds is 5. The molecule has 0 bridgehead atoms. The summed E-state index contributed by atoms with van der Waals surface area (Å²) >= 11 is 1.36. The van der Waals surface area contributed by atoms with Gasteiger partial charge in [0.2, 0.25) is 0 Å². The SMILES string of the molecule is NCCCS(=O)(=O)Cc1nccs1. The molecule has 0 saturated carbocycles. The number of hydrogen-bond donors (Lipinski definition) is 1. The highest BCUT2D eigenvalue weighted by atomic mass is 32.2. The molecule has 0 radical (unpaired) electrons. The first-order valence-electron chi connectivity index (χ1n) is 3.93. The Morgan fingerprint density at radius 2 is 2.31 bits per heavy atom. The molecule has 1 rings (SSSR count). The normalized spacial score (nSPS) is 11.8. The summed E-state index contributed by atoms with van der Waals surface area (Å²) < 4.78 is 22.7. The minimum atomic E-state index is -3.00. The second kappa shape index (κ2) is 4.69. The van der Waals surface area contributed by atoms with Crippen LogP contribution in [0.2, 0.25) is 0 Å². The fourth-order valence-electron chi connectivity index (χ4n) is 0.888. The molecule has 2 N–H and O–H groups in total. The summed E-state index contributed by atoms with van der Waals surface area (Å²) in [5.41, 5.74) is 5.23. The molecule has 1 aromatic rings. The minimum Gasteiger partial charge on any atom is -0.330 e. The lowest BCUT2D eigenvalue weighted by atomic mass is 10.5. The molecule has 0 aliphatic rings. The van der Waals surface area contributed by atoms with Gasteiger partial charge in [0.05, 0.1) is 5.75 Å². The highest BCUT2D eigenvalue weighted by Crippen LogP contribution is 2.09. The van der Waals surface area contributed by atoms with Crippen LogP contribution in [0.1, 0.15) is 11.4 Å². The smallest absolute Gasteiger partial charge is 0.156 e. The van der Waals surface area contributed by atoms with Gasteiger partial charge in [-0.1, -0.05) is 0 Å². The molecule has 0 amide bonds. The van der Waals surface area contributed by atoms with Crippen LogP contribution in [0.3, 0.4) is 0 Å². The maximum absolute atomic E-state index is 11.4. The molecule has 0 aliphatic heterocycles. The summed E-state index contributed by atoms with van der Waals surface area (Å²) in [6.45, 7) is 0.414. The first kappa shape index (κ1) is 10.6. The molecule has 0 fully saturated rings. The highest BCUT2D eigenvalue weighted by Gasteiger charge is 2.12. The second-order valence-electron chi connectivity index (χ2n) is 2.66. The van der Waals surface area contributed by atoms with E-state index in [1.54, 1.807) is 11.6 Å². The van der Waals surface area contributed by atoms with E-state index in [4.69, 9.17) is 5.73 Å². The van der Waals surface area contributed by atoms with Gasteiger partial charge in [-0.25, -0.2) is 13.4 Å². The van der Waals surface area contributed by atoms with Crippen LogP contribution < -0.4 is 5.73 Å². The molecule has 13 heavy (non-hydrogen) atoms. The fraction of sp³-hybridized carbons (Fsp3) is 0.571. The maximum atomic E-state index is 11.4. The van der Waals surface area contributed by atoms with Gasteiger partial charge in [-0.15, -0.1) is 11.3 Å². The Labute approximate surface area is 81.7 Å². The molecule has 74 valence electrons.